The van der Waals surface area contributed by atoms with Crippen molar-refractivity contribution >= 4 is 39.0 Å². The lowest BCUT2D eigenvalue weighted by Crippen LogP contribution is -2.01. The van der Waals surface area contributed by atoms with Crippen LogP contribution in [0.5, 0.6) is 11.5 Å². The van der Waals surface area contributed by atoms with Crippen LogP contribution in [0.25, 0.3) is 20.7 Å². The highest BCUT2D eigenvalue weighted by molar-refractivity contribution is 7.22. The van der Waals surface area contributed by atoms with Crippen molar-refractivity contribution in [2.45, 2.75) is 6.54 Å². The molecule has 0 saturated heterocycles. The van der Waals surface area contributed by atoms with Crippen molar-refractivity contribution in [1.82, 2.24) is 9.97 Å². The highest BCUT2D eigenvalue weighted by atomic mass is 35.5. The second kappa shape index (κ2) is 6.72. The van der Waals surface area contributed by atoms with Gasteiger partial charge in [0.1, 0.15) is 12.1 Å². The topological polar surface area (TPSA) is 56.3 Å². The van der Waals surface area contributed by atoms with Gasteiger partial charge in [-0.25, -0.2) is 9.97 Å². The molecule has 1 aliphatic heterocycles. The van der Waals surface area contributed by atoms with Crippen molar-refractivity contribution in [3.05, 3.63) is 65.4 Å². The van der Waals surface area contributed by atoms with E-state index in [1.807, 2.05) is 42.5 Å². The van der Waals surface area contributed by atoms with E-state index in [1.54, 1.807) is 17.7 Å². The van der Waals surface area contributed by atoms with Crippen molar-refractivity contribution in [2.75, 3.05) is 12.1 Å². The summed E-state index contributed by atoms with van der Waals surface area (Å²) in [5.41, 5.74) is 3.09. The van der Waals surface area contributed by atoms with Crippen LogP contribution >= 0.6 is 22.9 Å². The Morgan fingerprint density at radius 1 is 1.04 bits per heavy atom. The first-order valence-corrected chi connectivity index (χ1v) is 9.58. The van der Waals surface area contributed by atoms with Gasteiger partial charge in [-0.1, -0.05) is 29.8 Å². The summed E-state index contributed by atoms with van der Waals surface area (Å²) < 4.78 is 11.8. The molecule has 134 valence electrons. The highest BCUT2D eigenvalue weighted by Gasteiger charge is 2.14. The minimum Gasteiger partial charge on any atom is -0.454 e. The second-order valence-corrected chi connectivity index (χ2v) is 7.59. The average Bonchev–Trinajstić information content (AvgIpc) is 3.32. The van der Waals surface area contributed by atoms with E-state index in [-0.39, 0.29) is 6.79 Å². The zero-order valence-corrected chi connectivity index (χ0v) is 15.7. The third kappa shape index (κ3) is 3.18. The van der Waals surface area contributed by atoms with Crippen molar-refractivity contribution in [2.24, 2.45) is 0 Å². The van der Waals surface area contributed by atoms with Gasteiger partial charge in [0.25, 0.3) is 0 Å². The number of hydrogen-bond acceptors (Lipinski definition) is 6. The molecule has 1 N–H and O–H groups in total. The fourth-order valence-electron chi connectivity index (χ4n) is 3.00. The molecule has 0 amide bonds. The summed E-state index contributed by atoms with van der Waals surface area (Å²) >= 11 is 7.78. The van der Waals surface area contributed by atoms with E-state index in [9.17, 15) is 0 Å². The Hall–Kier alpha value is -2.83. The molecule has 0 spiro atoms. The van der Waals surface area contributed by atoms with Crippen LogP contribution in [0.1, 0.15) is 5.56 Å². The van der Waals surface area contributed by atoms with E-state index in [0.29, 0.717) is 6.54 Å². The third-order valence-electron chi connectivity index (χ3n) is 4.32. The Bertz CT molecular complexity index is 1150. The van der Waals surface area contributed by atoms with Crippen LogP contribution in [0.3, 0.4) is 0 Å². The minimum absolute atomic E-state index is 0.278. The maximum atomic E-state index is 6.13. The molecule has 0 bridgehead atoms. The minimum atomic E-state index is 0.278. The molecule has 0 aliphatic carbocycles. The molecular formula is C20H14ClN3O2S. The van der Waals surface area contributed by atoms with Crippen molar-refractivity contribution < 1.29 is 9.47 Å². The maximum Gasteiger partial charge on any atom is 0.231 e. The van der Waals surface area contributed by atoms with Crippen molar-refractivity contribution in [1.29, 1.82) is 0 Å². The quantitative estimate of drug-likeness (QED) is 0.504. The molecule has 0 fully saturated rings. The van der Waals surface area contributed by atoms with Crippen molar-refractivity contribution in [3.63, 3.8) is 0 Å². The van der Waals surface area contributed by atoms with Gasteiger partial charge in [-0.3, -0.25) is 0 Å². The number of nitrogens with zero attached hydrogens (tertiary/aromatic N) is 2. The Labute approximate surface area is 164 Å². The van der Waals surface area contributed by atoms with E-state index >= 15 is 0 Å². The summed E-state index contributed by atoms with van der Waals surface area (Å²) in [7, 11) is 0. The number of ether oxygens (including phenoxy) is 2. The second-order valence-electron chi connectivity index (χ2n) is 6.10. The Kier molecular flexibility index (Phi) is 4.07. The first-order valence-electron chi connectivity index (χ1n) is 8.39. The molecule has 27 heavy (non-hydrogen) atoms. The molecule has 0 unspecified atom stereocenters. The predicted octanol–water partition coefficient (Wildman–Crippen LogP) is 5.35. The van der Waals surface area contributed by atoms with Gasteiger partial charge >= 0.3 is 0 Å². The zero-order chi connectivity index (χ0) is 18.2. The van der Waals surface area contributed by atoms with Gasteiger partial charge in [-0.15, -0.1) is 11.3 Å². The lowest BCUT2D eigenvalue weighted by atomic mass is 10.2. The zero-order valence-electron chi connectivity index (χ0n) is 14.1. The number of halogens is 1. The third-order valence-corrected chi connectivity index (χ3v) is 5.73. The lowest BCUT2D eigenvalue weighted by Gasteiger charge is -2.07. The maximum absolute atomic E-state index is 6.13. The molecule has 4 aromatic rings. The standard InChI is InChI=1S/C20H14ClN3O2S/c21-14-3-1-2-13(7-14)18-8-15-19(27-18)20(24-10-23-15)22-9-12-4-5-16-17(6-12)26-11-25-16/h1-8,10H,9,11H2,(H,22,23,24). The Balaban J connectivity index is 1.43. The molecule has 5 rings (SSSR count). The molecule has 7 heteroatoms. The fourth-order valence-corrected chi connectivity index (χ4v) is 4.26. The van der Waals surface area contributed by atoms with Crippen LogP contribution in [0.2, 0.25) is 5.02 Å². The molecular weight excluding hydrogens is 382 g/mol. The number of nitrogens with one attached hydrogen (secondary N) is 1. The van der Waals surface area contributed by atoms with Crippen molar-refractivity contribution in [3.8, 4) is 21.9 Å². The molecule has 2 aromatic heterocycles. The summed E-state index contributed by atoms with van der Waals surface area (Å²) in [5, 5.41) is 4.13. The monoisotopic (exact) mass is 395 g/mol. The largest absolute Gasteiger partial charge is 0.454 e. The van der Waals surface area contributed by atoms with Crippen LogP contribution in [-0.2, 0) is 6.54 Å². The van der Waals surface area contributed by atoms with E-state index in [2.05, 4.69) is 21.4 Å². The summed E-state index contributed by atoms with van der Waals surface area (Å²) in [6.45, 7) is 0.910. The fraction of sp³-hybridized carbons (Fsp3) is 0.100. The molecule has 0 radical (unpaired) electrons. The highest BCUT2D eigenvalue weighted by Crippen LogP contribution is 2.37. The van der Waals surface area contributed by atoms with Gasteiger partial charge in [0.15, 0.2) is 11.5 Å². The smallest absolute Gasteiger partial charge is 0.231 e. The van der Waals surface area contributed by atoms with Gasteiger partial charge in [-0.2, -0.15) is 0 Å². The number of fused-ring (bicyclic) bond motifs is 2. The molecule has 1 aliphatic rings. The molecule has 3 heterocycles. The Morgan fingerprint density at radius 2 is 1.96 bits per heavy atom. The molecule has 0 saturated carbocycles. The summed E-state index contributed by atoms with van der Waals surface area (Å²) in [4.78, 5) is 9.94. The number of anilines is 1. The summed E-state index contributed by atoms with van der Waals surface area (Å²) in [6, 6.07) is 15.8. The van der Waals surface area contributed by atoms with Gasteiger partial charge < -0.3 is 14.8 Å². The molecule has 2 aromatic carbocycles. The first kappa shape index (κ1) is 16.4. The molecule has 5 nitrogen and oxygen atoms in total. The van der Waals surface area contributed by atoms with Gasteiger partial charge in [0, 0.05) is 16.4 Å². The van der Waals surface area contributed by atoms with Gasteiger partial charge in [-0.05, 0) is 41.5 Å². The van der Waals surface area contributed by atoms with E-state index in [4.69, 9.17) is 21.1 Å². The average molecular weight is 396 g/mol. The number of benzene rings is 2. The van der Waals surface area contributed by atoms with E-state index in [1.165, 1.54) is 0 Å². The number of hydrogen-bond donors (Lipinski definition) is 1. The summed E-state index contributed by atoms with van der Waals surface area (Å²) in [5.74, 6) is 2.38. The summed E-state index contributed by atoms with van der Waals surface area (Å²) in [6.07, 6.45) is 1.58. The van der Waals surface area contributed by atoms with Crippen LogP contribution in [0.4, 0.5) is 5.82 Å². The van der Waals surface area contributed by atoms with Crippen LogP contribution in [-0.4, -0.2) is 16.8 Å². The first-order chi connectivity index (χ1) is 13.3. The normalized spacial score (nSPS) is 12.5. The lowest BCUT2D eigenvalue weighted by molar-refractivity contribution is 0.174. The van der Waals surface area contributed by atoms with Crippen LogP contribution in [0, 0.1) is 0 Å². The van der Waals surface area contributed by atoms with Gasteiger partial charge in [0.05, 0.1) is 10.2 Å². The Morgan fingerprint density at radius 3 is 2.89 bits per heavy atom. The number of aromatic nitrogens is 2. The van der Waals surface area contributed by atoms with E-state index < -0.39 is 0 Å². The number of rotatable bonds is 4. The molecule has 0 atom stereocenters. The predicted molar refractivity (Wildman–Crippen MR) is 108 cm³/mol. The number of thiophene rings is 1. The van der Waals surface area contributed by atoms with Gasteiger partial charge in [0.2, 0.25) is 6.79 Å². The van der Waals surface area contributed by atoms with Crippen LogP contribution < -0.4 is 14.8 Å². The van der Waals surface area contributed by atoms with E-state index in [0.717, 1.165) is 48.6 Å². The van der Waals surface area contributed by atoms with Crippen LogP contribution in [0.15, 0.2) is 54.9 Å². The SMILES string of the molecule is Clc1cccc(-c2cc3ncnc(NCc4ccc5c(c4)OCO5)c3s2)c1.